The van der Waals surface area contributed by atoms with Crippen LogP contribution < -0.4 is 15.4 Å². The molecular formula is C32H36N6O2. The van der Waals surface area contributed by atoms with E-state index in [1.807, 2.05) is 43.5 Å². The van der Waals surface area contributed by atoms with Crippen LogP contribution in [0.1, 0.15) is 41.3 Å². The summed E-state index contributed by atoms with van der Waals surface area (Å²) in [5.41, 5.74) is 4.54. The van der Waals surface area contributed by atoms with Crippen LogP contribution in [0.5, 0.6) is 5.75 Å². The molecule has 2 heterocycles. The van der Waals surface area contributed by atoms with Crippen molar-refractivity contribution < 1.29 is 9.53 Å². The van der Waals surface area contributed by atoms with Crippen LogP contribution in [-0.4, -0.2) is 45.9 Å². The molecule has 0 fully saturated rings. The zero-order valence-corrected chi connectivity index (χ0v) is 23.1. The van der Waals surface area contributed by atoms with Crippen LogP contribution in [0.15, 0.2) is 85.1 Å². The van der Waals surface area contributed by atoms with Gasteiger partial charge >= 0.3 is 0 Å². The maximum Gasteiger partial charge on any atom is 0.234 e. The lowest BCUT2D eigenvalue weighted by atomic mass is 10.0. The number of amides is 1. The van der Waals surface area contributed by atoms with Crippen molar-refractivity contribution in [2.45, 2.75) is 38.8 Å². The number of nitrogens with one attached hydrogen (secondary N) is 3. The summed E-state index contributed by atoms with van der Waals surface area (Å²) in [6, 6.07) is 26.3. The topological polar surface area (TPSA) is 96.9 Å². The molecule has 0 unspecified atom stereocenters. The van der Waals surface area contributed by atoms with E-state index >= 15 is 0 Å². The Kier molecular flexibility index (Phi) is 8.88. The fourth-order valence-electron chi connectivity index (χ4n) is 4.99. The number of ether oxygens (including phenoxy) is 1. The monoisotopic (exact) mass is 536 g/mol. The number of benzene rings is 3. The maximum atomic E-state index is 13.0. The summed E-state index contributed by atoms with van der Waals surface area (Å²) in [7, 11) is 1.67. The minimum Gasteiger partial charge on any atom is -0.497 e. The predicted molar refractivity (Wildman–Crippen MR) is 157 cm³/mol. The molecule has 5 rings (SSSR count). The summed E-state index contributed by atoms with van der Waals surface area (Å²) in [5.74, 6) is 2.37. The molecule has 0 aliphatic rings. The fourth-order valence-corrected chi connectivity index (χ4v) is 4.99. The van der Waals surface area contributed by atoms with Crippen LogP contribution in [0.4, 0.5) is 0 Å². The van der Waals surface area contributed by atoms with Gasteiger partial charge in [-0.2, -0.15) is 0 Å². The first-order chi connectivity index (χ1) is 19.6. The second kappa shape index (κ2) is 13.1. The van der Waals surface area contributed by atoms with E-state index in [9.17, 15) is 4.79 Å². The third-order valence-electron chi connectivity index (χ3n) is 7.12. The van der Waals surface area contributed by atoms with Crippen molar-refractivity contribution in [2.75, 3.05) is 20.2 Å². The van der Waals surface area contributed by atoms with Crippen LogP contribution >= 0.6 is 0 Å². The van der Waals surface area contributed by atoms with E-state index in [1.165, 1.54) is 5.56 Å². The van der Waals surface area contributed by atoms with Crippen molar-refractivity contribution in [1.82, 2.24) is 30.4 Å². The first kappa shape index (κ1) is 27.1. The average Bonchev–Trinajstić information content (AvgIpc) is 3.59. The summed E-state index contributed by atoms with van der Waals surface area (Å²) < 4.78 is 7.52. The Morgan fingerprint density at radius 1 is 0.950 bits per heavy atom. The van der Waals surface area contributed by atoms with Crippen molar-refractivity contribution in [1.29, 1.82) is 0 Å². The summed E-state index contributed by atoms with van der Waals surface area (Å²) in [4.78, 5) is 16.3. The van der Waals surface area contributed by atoms with Crippen molar-refractivity contribution >= 4 is 16.8 Å². The molecule has 2 aromatic heterocycles. The second-order valence-corrected chi connectivity index (χ2v) is 9.86. The molecule has 5 aromatic rings. The molecule has 3 aromatic carbocycles. The van der Waals surface area contributed by atoms with E-state index in [4.69, 9.17) is 9.84 Å². The van der Waals surface area contributed by atoms with Crippen molar-refractivity contribution in [3.63, 3.8) is 0 Å². The van der Waals surface area contributed by atoms with Gasteiger partial charge in [-0.25, -0.2) is 0 Å². The van der Waals surface area contributed by atoms with Gasteiger partial charge in [0.2, 0.25) is 5.91 Å². The van der Waals surface area contributed by atoms with E-state index in [2.05, 4.69) is 73.8 Å². The van der Waals surface area contributed by atoms with Crippen LogP contribution in [0, 0.1) is 0 Å². The summed E-state index contributed by atoms with van der Waals surface area (Å²) in [6.45, 7) is 3.54. The number of likely N-dealkylation sites (N-methyl/N-ethyl adjacent to an activating group) is 1. The Labute approximate surface area is 234 Å². The highest BCUT2D eigenvalue weighted by molar-refractivity contribution is 5.83. The fraction of sp³-hybridized carbons (Fsp3) is 0.281. The van der Waals surface area contributed by atoms with Gasteiger partial charge in [-0.15, -0.1) is 10.2 Å². The molecule has 0 saturated heterocycles. The molecular weight excluding hydrogens is 500 g/mol. The first-order valence-electron chi connectivity index (χ1n) is 13.8. The number of aryl methyl sites for hydroxylation is 2. The number of para-hydroxylation sites is 1. The Morgan fingerprint density at radius 2 is 1.73 bits per heavy atom. The van der Waals surface area contributed by atoms with E-state index in [1.54, 1.807) is 7.11 Å². The van der Waals surface area contributed by atoms with Crippen LogP contribution in [0.3, 0.4) is 0 Å². The summed E-state index contributed by atoms with van der Waals surface area (Å²) in [6.07, 6.45) is 4.19. The van der Waals surface area contributed by atoms with Gasteiger partial charge in [-0.3, -0.25) is 4.79 Å². The molecule has 0 aliphatic carbocycles. The number of carbonyl (C=O) groups excluding carboxylic acids is 1. The highest BCUT2D eigenvalue weighted by Crippen LogP contribution is 2.26. The van der Waals surface area contributed by atoms with Crippen LogP contribution in [-0.2, 0) is 30.6 Å². The molecule has 1 atom stereocenters. The van der Waals surface area contributed by atoms with E-state index in [0.29, 0.717) is 13.0 Å². The predicted octanol–water partition coefficient (Wildman–Crippen LogP) is 4.61. The largest absolute Gasteiger partial charge is 0.497 e. The zero-order chi connectivity index (χ0) is 27.7. The number of carbonyl (C=O) groups is 1. The molecule has 0 spiro atoms. The number of H-pyrrole nitrogens is 1. The normalized spacial score (nSPS) is 11.9. The Morgan fingerprint density at radius 3 is 2.50 bits per heavy atom. The average molecular weight is 537 g/mol. The number of aromatic nitrogens is 4. The van der Waals surface area contributed by atoms with E-state index < -0.39 is 0 Å². The lowest BCUT2D eigenvalue weighted by Gasteiger charge is -2.20. The standard InChI is InChI=1S/C32H36N6O2/c1-3-33-21-31(39)35-29(19-25-20-34-28-12-8-7-11-27(25)28)32-37-36-30(18-15-23-9-5-4-6-10-23)38(32)22-24-13-16-26(40-2)17-14-24/h4-14,16-17,20,29,33-34H,3,15,18-19,21-22H2,1-2H3,(H,35,39)/t29-/m1/s1. The molecule has 40 heavy (non-hydrogen) atoms. The quantitative estimate of drug-likeness (QED) is 0.204. The number of hydrogen-bond acceptors (Lipinski definition) is 5. The van der Waals surface area contributed by atoms with E-state index in [-0.39, 0.29) is 18.5 Å². The number of nitrogens with zero attached hydrogens (tertiary/aromatic N) is 3. The molecule has 3 N–H and O–H groups in total. The lowest BCUT2D eigenvalue weighted by Crippen LogP contribution is -2.38. The smallest absolute Gasteiger partial charge is 0.234 e. The van der Waals surface area contributed by atoms with Gasteiger partial charge in [0.15, 0.2) is 5.82 Å². The molecule has 8 nitrogen and oxygen atoms in total. The molecule has 0 saturated carbocycles. The minimum atomic E-state index is -0.360. The lowest BCUT2D eigenvalue weighted by molar-refractivity contribution is -0.121. The number of fused-ring (bicyclic) bond motifs is 1. The zero-order valence-electron chi connectivity index (χ0n) is 23.1. The Bertz CT molecular complexity index is 1520. The van der Waals surface area contributed by atoms with Crippen molar-refractivity contribution in [3.8, 4) is 5.75 Å². The molecule has 0 radical (unpaired) electrons. The third-order valence-corrected chi connectivity index (χ3v) is 7.12. The number of methoxy groups -OCH3 is 1. The Hall–Kier alpha value is -4.43. The minimum absolute atomic E-state index is 0.0727. The van der Waals surface area contributed by atoms with Crippen molar-refractivity contribution in [2.24, 2.45) is 0 Å². The third kappa shape index (κ3) is 6.58. The van der Waals surface area contributed by atoms with Gasteiger partial charge < -0.3 is 24.9 Å². The highest BCUT2D eigenvalue weighted by atomic mass is 16.5. The number of aromatic amines is 1. The summed E-state index contributed by atoms with van der Waals surface area (Å²) in [5, 5.41) is 16.9. The maximum absolute atomic E-state index is 13.0. The first-order valence-corrected chi connectivity index (χ1v) is 13.8. The number of rotatable bonds is 13. The van der Waals surface area contributed by atoms with Gasteiger partial charge in [0.1, 0.15) is 11.6 Å². The van der Waals surface area contributed by atoms with Gasteiger partial charge in [0, 0.05) is 29.9 Å². The molecule has 206 valence electrons. The van der Waals surface area contributed by atoms with Gasteiger partial charge in [-0.1, -0.05) is 67.6 Å². The molecule has 0 aliphatic heterocycles. The van der Waals surface area contributed by atoms with Gasteiger partial charge in [0.25, 0.3) is 0 Å². The van der Waals surface area contributed by atoms with E-state index in [0.717, 1.165) is 58.8 Å². The van der Waals surface area contributed by atoms with Crippen LogP contribution in [0.2, 0.25) is 0 Å². The summed E-state index contributed by atoms with van der Waals surface area (Å²) >= 11 is 0. The molecule has 0 bridgehead atoms. The Balaban J connectivity index is 1.50. The van der Waals surface area contributed by atoms with Gasteiger partial charge in [0.05, 0.1) is 26.2 Å². The SMILES string of the molecule is CCNCC(=O)N[C@H](Cc1c[nH]c2ccccc12)c1nnc(CCc2ccccc2)n1Cc1ccc(OC)cc1. The molecule has 1 amide bonds. The highest BCUT2D eigenvalue weighted by Gasteiger charge is 2.25. The second-order valence-electron chi connectivity index (χ2n) is 9.86. The van der Waals surface area contributed by atoms with Gasteiger partial charge in [-0.05, 0) is 47.9 Å². The molecule has 8 heteroatoms. The van der Waals surface area contributed by atoms with Crippen LogP contribution in [0.25, 0.3) is 10.9 Å². The van der Waals surface area contributed by atoms with Crippen molar-refractivity contribution in [3.05, 3.63) is 113 Å². The number of hydrogen-bond donors (Lipinski definition) is 3.